The lowest BCUT2D eigenvalue weighted by atomic mass is 10.0. The lowest BCUT2D eigenvalue weighted by molar-refractivity contribution is -0.124. The minimum Gasteiger partial charge on any atom is -0.452 e. The van der Waals surface area contributed by atoms with Gasteiger partial charge in [-0.05, 0) is 32.6 Å². The molecule has 0 unspecified atom stereocenters. The molecule has 26 heavy (non-hydrogen) atoms. The van der Waals surface area contributed by atoms with Gasteiger partial charge in [-0.1, -0.05) is 49.3 Å². The Hall–Kier alpha value is -2.63. The van der Waals surface area contributed by atoms with Crippen molar-refractivity contribution in [2.24, 2.45) is 5.92 Å². The molecule has 1 N–H and O–H groups in total. The Labute approximate surface area is 153 Å². The summed E-state index contributed by atoms with van der Waals surface area (Å²) in [7, 11) is 0. The van der Waals surface area contributed by atoms with Crippen molar-refractivity contribution in [1.82, 2.24) is 10.5 Å². The molecule has 0 aliphatic rings. The number of aromatic nitrogens is 1. The summed E-state index contributed by atoms with van der Waals surface area (Å²) in [6, 6.07) is 9.27. The molecule has 1 aromatic carbocycles. The summed E-state index contributed by atoms with van der Waals surface area (Å²) >= 11 is 0. The van der Waals surface area contributed by atoms with E-state index in [1.165, 1.54) is 0 Å². The Bertz CT molecular complexity index is 738. The van der Waals surface area contributed by atoms with Gasteiger partial charge in [0.25, 0.3) is 5.91 Å². The lowest BCUT2D eigenvalue weighted by Gasteiger charge is -2.15. The number of benzene rings is 1. The molecule has 6 heteroatoms. The van der Waals surface area contributed by atoms with Crippen LogP contribution in [-0.4, -0.2) is 29.7 Å². The molecular formula is C20H26N2O4. The van der Waals surface area contributed by atoms with Gasteiger partial charge in [0.1, 0.15) is 17.0 Å². The number of ether oxygens (including phenoxy) is 1. The molecular weight excluding hydrogens is 332 g/mol. The summed E-state index contributed by atoms with van der Waals surface area (Å²) in [4.78, 5) is 24.4. The summed E-state index contributed by atoms with van der Waals surface area (Å²) in [6.07, 6.45) is 1.92. The molecule has 2 aromatic rings. The quantitative estimate of drug-likeness (QED) is 0.727. The van der Waals surface area contributed by atoms with Crippen LogP contribution in [0.15, 0.2) is 34.9 Å². The molecule has 2 rings (SSSR count). The van der Waals surface area contributed by atoms with Gasteiger partial charge in [0, 0.05) is 11.6 Å². The van der Waals surface area contributed by atoms with Crippen LogP contribution < -0.4 is 5.32 Å². The molecule has 0 aliphatic carbocycles. The van der Waals surface area contributed by atoms with Crippen LogP contribution in [0.25, 0.3) is 11.3 Å². The molecule has 0 bridgehead atoms. The van der Waals surface area contributed by atoms with E-state index in [1.54, 1.807) is 6.92 Å². The first kappa shape index (κ1) is 19.7. The van der Waals surface area contributed by atoms with Gasteiger partial charge in [0.05, 0.1) is 0 Å². The largest absolute Gasteiger partial charge is 0.452 e. The number of hydrogen-bond acceptors (Lipinski definition) is 5. The first-order chi connectivity index (χ1) is 12.4. The minimum atomic E-state index is -0.618. The van der Waals surface area contributed by atoms with Crippen molar-refractivity contribution in [2.45, 2.75) is 46.6 Å². The van der Waals surface area contributed by atoms with E-state index >= 15 is 0 Å². The van der Waals surface area contributed by atoms with Crippen molar-refractivity contribution >= 4 is 11.9 Å². The van der Waals surface area contributed by atoms with Gasteiger partial charge in [0.15, 0.2) is 6.61 Å². The fourth-order valence-corrected chi connectivity index (χ4v) is 2.58. The number of nitrogens with one attached hydrogen (secondary N) is 1. The number of hydrogen-bond donors (Lipinski definition) is 1. The summed E-state index contributed by atoms with van der Waals surface area (Å²) in [5, 5.41) is 6.79. The topological polar surface area (TPSA) is 81.4 Å². The summed E-state index contributed by atoms with van der Waals surface area (Å²) in [5.41, 5.74) is 1.42. The van der Waals surface area contributed by atoms with Crippen LogP contribution in [0.5, 0.6) is 0 Å². The highest BCUT2D eigenvalue weighted by Gasteiger charge is 2.23. The molecule has 1 heterocycles. The van der Waals surface area contributed by atoms with Crippen LogP contribution in [0.3, 0.4) is 0 Å². The molecule has 6 nitrogen and oxygen atoms in total. The van der Waals surface area contributed by atoms with E-state index in [2.05, 4.69) is 24.3 Å². The first-order valence-corrected chi connectivity index (χ1v) is 8.86. The zero-order chi connectivity index (χ0) is 19.1. The number of esters is 1. The highest BCUT2D eigenvalue weighted by molar-refractivity contribution is 5.98. The molecule has 0 fully saturated rings. The maximum Gasteiger partial charge on any atom is 0.344 e. The SMILES string of the molecule is Cc1onc(-c2ccccc2)c1C(=O)OCC(=O)N[C@H](C)CCC(C)C. The molecule has 0 radical (unpaired) electrons. The Morgan fingerprint density at radius 2 is 1.85 bits per heavy atom. The van der Waals surface area contributed by atoms with Gasteiger partial charge in [-0.15, -0.1) is 0 Å². The van der Waals surface area contributed by atoms with Crippen LogP contribution in [0.2, 0.25) is 0 Å². The fraction of sp³-hybridized carbons (Fsp3) is 0.450. The monoisotopic (exact) mass is 358 g/mol. The fourth-order valence-electron chi connectivity index (χ4n) is 2.58. The Kier molecular flexibility index (Phi) is 6.95. The number of amides is 1. The van der Waals surface area contributed by atoms with Crippen molar-refractivity contribution in [3.63, 3.8) is 0 Å². The second kappa shape index (κ2) is 9.17. The third kappa shape index (κ3) is 5.44. The number of carbonyl (C=O) groups excluding carboxylic acids is 2. The maximum atomic E-state index is 12.4. The Morgan fingerprint density at radius 1 is 1.15 bits per heavy atom. The van der Waals surface area contributed by atoms with Crippen LogP contribution in [-0.2, 0) is 9.53 Å². The van der Waals surface area contributed by atoms with E-state index < -0.39 is 5.97 Å². The molecule has 0 spiro atoms. The predicted molar refractivity (Wildman–Crippen MR) is 98.6 cm³/mol. The third-order valence-electron chi connectivity index (χ3n) is 4.03. The average Bonchev–Trinajstić information content (AvgIpc) is 3.00. The van der Waals surface area contributed by atoms with Crippen molar-refractivity contribution in [3.8, 4) is 11.3 Å². The zero-order valence-corrected chi connectivity index (χ0v) is 15.7. The minimum absolute atomic E-state index is 0.0424. The van der Waals surface area contributed by atoms with Gasteiger partial charge >= 0.3 is 5.97 Å². The second-order valence-corrected chi connectivity index (χ2v) is 6.84. The molecule has 0 saturated carbocycles. The van der Waals surface area contributed by atoms with E-state index in [9.17, 15) is 9.59 Å². The normalized spacial score (nSPS) is 12.0. The van der Waals surface area contributed by atoms with Crippen LogP contribution in [0.4, 0.5) is 0 Å². The molecule has 0 aliphatic heterocycles. The smallest absolute Gasteiger partial charge is 0.344 e. The van der Waals surface area contributed by atoms with Crippen LogP contribution in [0.1, 0.15) is 49.7 Å². The number of carbonyl (C=O) groups is 2. The highest BCUT2D eigenvalue weighted by Crippen LogP contribution is 2.25. The Balaban J connectivity index is 1.94. The van der Waals surface area contributed by atoms with Crippen LogP contribution in [0, 0.1) is 12.8 Å². The average molecular weight is 358 g/mol. The Morgan fingerprint density at radius 3 is 2.50 bits per heavy atom. The second-order valence-electron chi connectivity index (χ2n) is 6.84. The summed E-state index contributed by atoms with van der Waals surface area (Å²) in [6.45, 7) is 7.54. The van der Waals surface area contributed by atoms with Crippen molar-refractivity contribution in [2.75, 3.05) is 6.61 Å². The van der Waals surface area contributed by atoms with E-state index in [4.69, 9.17) is 9.26 Å². The van der Waals surface area contributed by atoms with E-state index in [1.807, 2.05) is 37.3 Å². The number of aryl methyl sites for hydroxylation is 1. The van der Waals surface area contributed by atoms with Gasteiger partial charge in [-0.2, -0.15) is 0 Å². The standard InChI is InChI=1S/C20H26N2O4/c1-13(2)10-11-14(3)21-17(23)12-25-20(24)18-15(4)26-22-19(18)16-8-6-5-7-9-16/h5-9,13-14H,10-12H2,1-4H3,(H,21,23)/t14-/m1/s1. The number of rotatable bonds is 8. The summed E-state index contributed by atoms with van der Waals surface area (Å²) < 4.78 is 10.3. The molecule has 1 aromatic heterocycles. The molecule has 0 saturated heterocycles. The van der Waals surface area contributed by atoms with Gasteiger partial charge in [-0.25, -0.2) is 4.79 Å². The highest BCUT2D eigenvalue weighted by atomic mass is 16.5. The number of nitrogens with zero attached hydrogens (tertiary/aromatic N) is 1. The van der Waals surface area contributed by atoms with E-state index in [-0.39, 0.29) is 24.1 Å². The van der Waals surface area contributed by atoms with Crippen LogP contribution >= 0.6 is 0 Å². The van der Waals surface area contributed by atoms with E-state index in [0.29, 0.717) is 17.4 Å². The predicted octanol–water partition coefficient (Wildman–Crippen LogP) is 3.75. The molecule has 1 atom stereocenters. The maximum absolute atomic E-state index is 12.4. The van der Waals surface area contributed by atoms with Crippen molar-refractivity contribution in [1.29, 1.82) is 0 Å². The lowest BCUT2D eigenvalue weighted by Crippen LogP contribution is -2.36. The van der Waals surface area contributed by atoms with Crippen molar-refractivity contribution in [3.05, 3.63) is 41.7 Å². The zero-order valence-electron chi connectivity index (χ0n) is 15.7. The van der Waals surface area contributed by atoms with Gasteiger partial charge < -0.3 is 14.6 Å². The molecule has 1 amide bonds. The first-order valence-electron chi connectivity index (χ1n) is 8.86. The van der Waals surface area contributed by atoms with Gasteiger partial charge in [-0.3, -0.25) is 4.79 Å². The third-order valence-corrected chi connectivity index (χ3v) is 4.03. The summed E-state index contributed by atoms with van der Waals surface area (Å²) in [5.74, 6) is 0.0114. The van der Waals surface area contributed by atoms with E-state index in [0.717, 1.165) is 18.4 Å². The van der Waals surface area contributed by atoms with Crippen molar-refractivity contribution < 1.29 is 18.8 Å². The molecule has 140 valence electrons. The van der Waals surface area contributed by atoms with Gasteiger partial charge in [0.2, 0.25) is 0 Å².